The standard InChI is InChI=1S/C23H31FN4OS/c1-16-9-8-10-17(2)27(16)21(29)15-30-23-26-25-22(19-13-6-7-14-20(19)24)28(23)18-11-4-3-5-12-18/h6-7,13-14,16-18H,3-5,8-12,15H2,1-2H3/t16-,17+. The normalized spacial score (nSPS) is 23.0. The van der Waals surface area contributed by atoms with Gasteiger partial charge in [0.1, 0.15) is 5.82 Å². The van der Waals surface area contributed by atoms with Crippen LogP contribution in [0.4, 0.5) is 4.39 Å². The zero-order valence-corrected chi connectivity index (χ0v) is 18.7. The number of hydrogen-bond donors (Lipinski definition) is 0. The molecular formula is C23H31FN4OS. The van der Waals surface area contributed by atoms with E-state index in [0.29, 0.717) is 17.1 Å². The van der Waals surface area contributed by atoms with E-state index in [4.69, 9.17) is 0 Å². The number of thioether (sulfide) groups is 1. The van der Waals surface area contributed by atoms with E-state index in [9.17, 15) is 9.18 Å². The van der Waals surface area contributed by atoms with Crippen molar-refractivity contribution < 1.29 is 9.18 Å². The Hall–Kier alpha value is -1.89. The molecule has 7 heteroatoms. The van der Waals surface area contributed by atoms with Crippen molar-refractivity contribution in [2.75, 3.05) is 5.75 Å². The quantitative estimate of drug-likeness (QED) is 0.590. The molecule has 1 saturated carbocycles. The Balaban J connectivity index is 1.58. The van der Waals surface area contributed by atoms with Gasteiger partial charge in [0, 0.05) is 18.1 Å². The summed E-state index contributed by atoms with van der Waals surface area (Å²) in [5.74, 6) is 0.794. The van der Waals surface area contributed by atoms with Crippen LogP contribution >= 0.6 is 11.8 Å². The van der Waals surface area contributed by atoms with Crippen molar-refractivity contribution in [1.29, 1.82) is 0 Å². The van der Waals surface area contributed by atoms with Crippen LogP contribution < -0.4 is 0 Å². The fourth-order valence-electron chi connectivity index (χ4n) is 4.98. The number of rotatable bonds is 5. The van der Waals surface area contributed by atoms with Gasteiger partial charge in [-0.05, 0) is 58.1 Å². The molecule has 1 aliphatic carbocycles. The molecule has 0 bridgehead atoms. The summed E-state index contributed by atoms with van der Waals surface area (Å²) in [5.41, 5.74) is 0.479. The van der Waals surface area contributed by atoms with E-state index in [-0.39, 0.29) is 29.8 Å². The van der Waals surface area contributed by atoms with E-state index in [0.717, 1.165) is 43.7 Å². The highest BCUT2D eigenvalue weighted by atomic mass is 32.2. The molecule has 5 nitrogen and oxygen atoms in total. The molecule has 2 aliphatic rings. The number of amides is 1. The van der Waals surface area contributed by atoms with Crippen LogP contribution in [-0.4, -0.2) is 43.4 Å². The molecule has 0 spiro atoms. The molecule has 4 rings (SSSR count). The van der Waals surface area contributed by atoms with Gasteiger partial charge in [-0.1, -0.05) is 43.2 Å². The summed E-state index contributed by atoms with van der Waals surface area (Å²) < 4.78 is 16.6. The number of benzene rings is 1. The highest BCUT2D eigenvalue weighted by molar-refractivity contribution is 7.99. The van der Waals surface area contributed by atoms with Crippen molar-refractivity contribution in [1.82, 2.24) is 19.7 Å². The lowest BCUT2D eigenvalue weighted by Crippen LogP contribution is -2.48. The maximum atomic E-state index is 14.5. The molecular weight excluding hydrogens is 399 g/mol. The Morgan fingerprint density at radius 3 is 2.43 bits per heavy atom. The number of nitrogens with zero attached hydrogens (tertiary/aromatic N) is 4. The molecule has 2 atom stereocenters. The first-order valence-electron chi connectivity index (χ1n) is 11.2. The number of piperidine rings is 1. The van der Waals surface area contributed by atoms with Crippen molar-refractivity contribution in [3.63, 3.8) is 0 Å². The Morgan fingerprint density at radius 1 is 1.03 bits per heavy atom. The molecule has 2 aromatic rings. The van der Waals surface area contributed by atoms with Gasteiger partial charge >= 0.3 is 0 Å². The summed E-state index contributed by atoms with van der Waals surface area (Å²) in [5, 5.41) is 9.50. The lowest BCUT2D eigenvalue weighted by Gasteiger charge is -2.39. The summed E-state index contributed by atoms with van der Waals surface area (Å²) in [6.45, 7) is 4.28. The first-order valence-corrected chi connectivity index (χ1v) is 12.2. The van der Waals surface area contributed by atoms with Crippen molar-refractivity contribution in [3.05, 3.63) is 30.1 Å². The molecule has 1 saturated heterocycles. The summed E-state index contributed by atoms with van der Waals surface area (Å²) >= 11 is 1.44. The number of likely N-dealkylation sites (tertiary alicyclic amines) is 1. The SMILES string of the molecule is C[C@@H]1CCC[C@H](C)N1C(=O)CSc1nnc(-c2ccccc2F)n1C1CCCCC1. The Bertz CT molecular complexity index is 870. The molecule has 2 fully saturated rings. The van der Waals surface area contributed by atoms with Crippen LogP contribution in [-0.2, 0) is 4.79 Å². The Morgan fingerprint density at radius 2 is 1.73 bits per heavy atom. The molecule has 1 aromatic heterocycles. The van der Waals surface area contributed by atoms with Gasteiger partial charge in [-0.15, -0.1) is 10.2 Å². The van der Waals surface area contributed by atoms with Crippen molar-refractivity contribution in [2.24, 2.45) is 0 Å². The van der Waals surface area contributed by atoms with E-state index < -0.39 is 0 Å². The molecule has 30 heavy (non-hydrogen) atoms. The van der Waals surface area contributed by atoms with E-state index >= 15 is 0 Å². The molecule has 162 valence electrons. The van der Waals surface area contributed by atoms with Gasteiger partial charge in [0.25, 0.3) is 0 Å². The first kappa shape index (κ1) is 21.3. The van der Waals surface area contributed by atoms with Crippen molar-refractivity contribution >= 4 is 17.7 Å². The minimum Gasteiger partial charge on any atom is -0.337 e. The van der Waals surface area contributed by atoms with Crippen LogP contribution in [0.15, 0.2) is 29.4 Å². The Kier molecular flexibility index (Phi) is 6.76. The lowest BCUT2D eigenvalue weighted by atomic mass is 9.95. The summed E-state index contributed by atoms with van der Waals surface area (Å²) in [6.07, 6.45) is 8.95. The van der Waals surface area contributed by atoms with Crippen molar-refractivity contribution in [2.45, 2.75) is 88.5 Å². The molecule has 1 aromatic carbocycles. The largest absolute Gasteiger partial charge is 0.337 e. The van der Waals surface area contributed by atoms with Gasteiger partial charge in [0.2, 0.25) is 5.91 Å². The van der Waals surface area contributed by atoms with Gasteiger partial charge in [0.05, 0.1) is 11.3 Å². The summed E-state index contributed by atoms with van der Waals surface area (Å²) in [7, 11) is 0. The number of halogens is 1. The number of hydrogen-bond acceptors (Lipinski definition) is 4. The van der Waals surface area contributed by atoms with Crippen LogP contribution in [0.2, 0.25) is 0 Å². The van der Waals surface area contributed by atoms with Gasteiger partial charge in [-0.3, -0.25) is 9.36 Å². The molecule has 0 N–H and O–H groups in total. The third-order valence-electron chi connectivity index (χ3n) is 6.53. The molecule has 2 heterocycles. The average molecular weight is 431 g/mol. The zero-order chi connectivity index (χ0) is 21.1. The van der Waals surface area contributed by atoms with Gasteiger partial charge in [-0.25, -0.2) is 4.39 Å². The van der Waals surface area contributed by atoms with Gasteiger partial charge < -0.3 is 4.90 Å². The number of aromatic nitrogens is 3. The second-order valence-corrected chi connectivity index (χ2v) is 9.61. The minimum absolute atomic E-state index is 0.158. The predicted octanol–water partition coefficient (Wildman–Crippen LogP) is 5.47. The van der Waals surface area contributed by atoms with Gasteiger partial charge in [0.15, 0.2) is 11.0 Å². The highest BCUT2D eigenvalue weighted by Gasteiger charge is 2.30. The Labute approximate surface area is 182 Å². The lowest BCUT2D eigenvalue weighted by molar-refractivity contribution is -0.134. The van der Waals surface area contributed by atoms with Gasteiger partial charge in [-0.2, -0.15) is 0 Å². The average Bonchev–Trinajstić information content (AvgIpc) is 3.17. The molecule has 0 radical (unpaired) electrons. The second-order valence-electron chi connectivity index (χ2n) is 8.67. The van der Waals surface area contributed by atoms with E-state index in [2.05, 4.69) is 28.6 Å². The fourth-order valence-corrected chi connectivity index (χ4v) is 5.86. The van der Waals surface area contributed by atoms with Crippen LogP contribution in [0, 0.1) is 5.82 Å². The van der Waals surface area contributed by atoms with E-state index in [1.54, 1.807) is 12.1 Å². The first-order chi connectivity index (χ1) is 14.6. The molecule has 1 amide bonds. The number of carbonyl (C=O) groups excluding carboxylic acids is 1. The topological polar surface area (TPSA) is 51.0 Å². The van der Waals surface area contributed by atoms with E-state index in [1.807, 2.05) is 11.0 Å². The van der Waals surface area contributed by atoms with Crippen LogP contribution in [0.1, 0.15) is 71.3 Å². The highest BCUT2D eigenvalue weighted by Crippen LogP contribution is 2.36. The monoisotopic (exact) mass is 430 g/mol. The summed E-state index contributed by atoms with van der Waals surface area (Å²) in [6, 6.07) is 7.57. The smallest absolute Gasteiger partial charge is 0.233 e. The molecule has 0 unspecified atom stereocenters. The maximum Gasteiger partial charge on any atom is 0.233 e. The zero-order valence-electron chi connectivity index (χ0n) is 17.9. The minimum atomic E-state index is -0.287. The third kappa shape index (κ3) is 4.41. The maximum absolute atomic E-state index is 14.5. The summed E-state index contributed by atoms with van der Waals surface area (Å²) in [4.78, 5) is 15.0. The van der Waals surface area contributed by atoms with Crippen LogP contribution in [0.5, 0.6) is 0 Å². The second kappa shape index (κ2) is 9.50. The van der Waals surface area contributed by atoms with Crippen molar-refractivity contribution in [3.8, 4) is 11.4 Å². The molecule has 1 aliphatic heterocycles. The van der Waals surface area contributed by atoms with Crippen LogP contribution in [0.3, 0.4) is 0 Å². The predicted molar refractivity (Wildman–Crippen MR) is 118 cm³/mol. The number of carbonyl (C=O) groups is 1. The fraction of sp³-hybridized carbons (Fsp3) is 0.609. The van der Waals surface area contributed by atoms with Crippen LogP contribution in [0.25, 0.3) is 11.4 Å². The third-order valence-corrected chi connectivity index (χ3v) is 7.45. The van der Waals surface area contributed by atoms with E-state index in [1.165, 1.54) is 30.7 Å².